The SMILES string of the molecule is Cc1ccccc1CN(C)C(=O)COCCN. The normalized spacial score (nSPS) is 10.3. The number of amides is 1. The zero-order chi connectivity index (χ0) is 12.7. The Kier molecular flexibility index (Phi) is 5.66. The van der Waals surface area contributed by atoms with Crippen LogP contribution < -0.4 is 5.73 Å². The summed E-state index contributed by atoms with van der Waals surface area (Å²) in [4.78, 5) is 13.4. The van der Waals surface area contributed by atoms with Gasteiger partial charge in [0.25, 0.3) is 0 Å². The van der Waals surface area contributed by atoms with E-state index in [1.807, 2.05) is 31.2 Å². The van der Waals surface area contributed by atoms with Gasteiger partial charge in [0.05, 0.1) is 6.61 Å². The molecule has 1 aromatic rings. The molecule has 4 heteroatoms. The molecule has 0 radical (unpaired) electrons. The number of nitrogens with two attached hydrogens (primary N) is 1. The maximum Gasteiger partial charge on any atom is 0.248 e. The van der Waals surface area contributed by atoms with Gasteiger partial charge in [0, 0.05) is 20.1 Å². The Morgan fingerprint density at radius 2 is 2.12 bits per heavy atom. The third-order valence-electron chi connectivity index (χ3n) is 2.58. The standard InChI is InChI=1S/C13H20N2O2/c1-11-5-3-4-6-12(11)9-15(2)13(16)10-17-8-7-14/h3-6H,7-10,14H2,1-2H3. The number of benzene rings is 1. The summed E-state index contributed by atoms with van der Waals surface area (Å²) in [5, 5.41) is 0. The van der Waals surface area contributed by atoms with Crippen LogP contribution in [0.15, 0.2) is 24.3 Å². The van der Waals surface area contributed by atoms with Gasteiger partial charge in [0.2, 0.25) is 5.91 Å². The van der Waals surface area contributed by atoms with Gasteiger partial charge in [0.1, 0.15) is 6.61 Å². The topological polar surface area (TPSA) is 55.6 Å². The monoisotopic (exact) mass is 236 g/mol. The number of carbonyl (C=O) groups excluding carboxylic acids is 1. The number of carbonyl (C=O) groups is 1. The third-order valence-corrected chi connectivity index (χ3v) is 2.58. The minimum Gasteiger partial charge on any atom is -0.370 e. The summed E-state index contributed by atoms with van der Waals surface area (Å²) >= 11 is 0. The van der Waals surface area contributed by atoms with E-state index in [4.69, 9.17) is 10.5 Å². The van der Waals surface area contributed by atoms with Crippen LogP contribution in [0.4, 0.5) is 0 Å². The van der Waals surface area contributed by atoms with Crippen molar-refractivity contribution in [2.24, 2.45) is 5.73 Å². The number of hydrogen-bond donors (Lipinski definition) is 1. The van der Waals surface area contributed by atoms with Gasteiger partial charge in [-0.05, 0) is 18.1 Å². The molecule has 4 nitrogen and oxygen atoms in total. The Labute approximate surface area is 102 Å². The highest BCUT2D eigenvalue weighted by molar-refractivity contribution is 5.77. The maximum atomic E-state index is 11.7. The van der Waals surface area contributed by atoms with Gasteiger partial charge in [-0.3, -0.25) is 4.79 Å². The molecule has 0 saturated carbocycles. The van der Waals surface area contributed by atoms with Gasteiger partial charge in [0.15, 0.2) is 0 Å². The van der Waals surface area contributed by atoms with Crippen LogP contribution in [0.5, 0.6) is 0 Å². The van der Waals surface area contributed by atoms with E-state index in [-0.39, 0.29) is 12.5 Å². The first-order valence-corrected chi connectivity index (χ1v) is 5.71. The van der Waals surface area contributed by atoms with Crippen molar-refractivity contribution >= 4 is 5.91 Å². The van der Waals surface area contributed by atoms with E-state index in [9.17, 15) is 4.79 Å². The summed E-state index contributed by atoms with van der Waals surface area (Å²) in [5.41, 5.74) is 7.63. The van der Waals surface area contributed by atoms with Gasteiger partial charge < -0.3 is 15.4 Å². The van der Waals surface area contributed by atoms with Crippen molar-refractivity contribution in [3.8, 4) is 0 Å². The first-order valence-electron chi connectivity index (χ1n) is 5.71. The fraction of sp³-hybridized carbons (Fsp3) is 0.462. The van der Waals surface area contributed by atoms with Gasteiger partial charge in [-0.15, -0.1) is 0 Å². The lowest BCUT2D eigenvalue weighted by atomic mass is 10.1. The molecule has 0 fully saturated rings. The molecule has 0 spiro atoms. The fourth-order valence-electron chi connectivity index (χ4n) is 1.48. The summed E-state index contributed by atoms with van der Waals surface area (Å²) in [5.74, 6) is -0.0262. The number of hydrogen-bond acceptors (Lipinski definition) is 3. The molecule has 1 aromatic carbocycles. The summed E-state index contributed by atoms with van der Waals surface area (Å²) in [6, 6.07) is 8.04. The summed E-state index contributed by atoms with van der Waals surface area (Å²) < 4.78 is 5.12. The maximum absolute atomic E-state index is 11.7. The average molecular weight is 236 g/mol. The Morgan fingerprint density at radius 3 is 2.76 bits per heavy atom. The van der Waals surface area contributed by atoms with Crippen LogP contribution in [0.2, 0.25) is 0 Å². The molecule has 94 valence electrons. The van der Waals surface area contributed by atoms with E-state index in [1.165, 1.54) is 5.56 Å². The molecule has 0 aliphatic heterocycles. The van der Waals surface area contributed by atoms with Crippen molar-refractivity contribution in [1.82, 2.24) is 4.90 Å². The minimum atomic E-state index is -0.0262. The van der Waals surface area contributed by atoms with E-state index in [1.54, 1.807) is 11.9 Å². The highest BCUT2D eigenvalue weighted by atomic mass is 16.5. The molecule has 0 atom stereocenters. The summed E-state index contributed by atoms with van der Waals surface area (Å²) in [6.45, 7) is 3.61. The molecule has 1 rings (SSSR count). The van der Waals surface area contributed by atoms with E-state index in [2.05, 4.69) is 0 Å². The van der Waals surface area contributed by atoms with Crippen LogP contribution >= 0.6 is 0 Å². The molecule has 0 aliphatic carbocycles. The Balaban J connectivity index is 2.46. The van der Waals surface area contributed by atoms with Crippen molar-refractivity contribution in [3.63, 3.8) is 0 Å². The quantitative estimate of drug-likeness (QED) is 0.748. The van der Waals surface area contributed by atoms with Crippen molar-refractivity contribution < 1.29 is 9.53 Å². The molecule has 0 aliphatic rings. The molecule has 2 N–H and O–H groups in total. The van der Waals surface area contributed by atoms with Crippen molar-refractivity contribution in [1.29, 1.82) is 0 Å². The third kappa shape index (κ3) is 4.54. The lowest BCUT2D eigenvalue weighted by Crippen LogP contribution is -2.30. The minimum absolute atomic E-state index is 0.0262. The highest BCUT2D eigenvalue weighted by Crippen LogP contribution is 2.09. The number of likely N-dealkylation sites (N-methyl/N-ethyl adjacent to an activating group) is 1. The van der Waals surface area contributed by atoms with Crippen molar-refractivity contribution in [2.45, 2.75) is 13.5 Å². The summed E-state index contributed by atoms with van der Waals surface area (Å²) in [7, 11) is 1.78. The van der Waals surface area contributed by atoms with Crippen LogP contribution in [0.3, 0.4) is 0 Å². The van der Waals surface area contributed by atoms with Crippen LogP contribution in [0, 0.1) is 6.92 Å². The van der Waals surface area contributed by atoms with Gasteiger partial charge >= 0.3 is 0 Å². The first kappa shape index (κ1) is 13.7. The Bertz CT molecular complexity index is 366. The lowest BCUT2D eigenvalue weighted by Gasteiger charge is -2.18. The van der Waals surface area contributed by atoms with Crippen molar-refractivity contribution in [2.75, 3.05) is 26.8 Å². The van der Waals surface area contributed by atoms with E-state index >= 15 is 0 Å². The summed E-state index contributed by atoms with van der Waals surface area (Å²) in [6.07, 6.45) is 0. The second kappa shape index (κ2) is 7.04. The second-order valence-electron chi connectivity index (χ2n) is 4.02. The second-order valence-corrected chi connectivity index (χ2v) is 4.02. The molecule has 0 saturated heterocycles. The predicted octanol–water partition coefficient (Wildman–Crippen LogP) is 0.929. The molecular weight excluding hydrogens is 216 g/mol. The largest absolute Gasteiger partial charge is 0.370 e. The highest BCUT2D eigenvalue weighted by Gasteiger charge is 2.09. The average Bonchev–Trinajstić information content (AvgIpc) is 2.32. The Hall–Kier alpha value is -1.39. The van der Waals surface area contributed by atoms with E-state index < -0.39 is 0 Å². The van der Waals surface area contributed by atoms with Crippen LogP contribution in [0.25, 0.3) is 0 Å². The molecular formula is C13H20N2O2. The fourth-order valence-corrected chi connectivity index (χ4v) is 1.48. The molecule has 0 bridgehead atoms. The van der Waals surface area contributed by atoms with Crippen LogP contribution in [-0.2, 0) is 16.1 Å². The zero-order valence-electron chi connectivity index (χ0n) is 10.5. The smallest absolute Gasteiger partial charge is 0.248 e. The van der Waals surface area contributed by atoms with Gasteiger partial charge in [-0.1, -0.05) is 24.3 Å². The first-order chi connectivity index (χ1) is 8.15. The van der Waals surface area contributed by atoms with E-state index in [0.717, 1.165) is 5.56 Å². The lowest BCUT2D eigenvalue weighted by molar-refractivity contribution is -0.135. The van der Waals surface area contributed by atoms with E-state index in [0.29, 0.717) is 19.7 Å². The van der Waals surface area contributed by atoms with Crippen molar-refractivity contribution in [3.05, 3.63) is 35.4 Å². The Morgan fingerprint density at radius 1 is 1.41 bits per heavy atom. The number of aryl methyl sites for hydroxylation is 1. The number of nitrogens with zero attached hydrogens (tertiary/aromatic N) is 1. The number of ether oxygens (including phenoxy) is 1. The van der Waals surface area contributed by atoms with Crippen LogP contribution in [0.1, 0.15) is 11.1 Å². The zero-order valence-corrected chi connectivity index (χ0v) is 10.5. The molecule has 1 amide bonds. The van der Waals surface area contributed by atoms with Gasteiger partial charge in [-0.2, -0.15) is 0 Å². The molecule has 0 aromatic heterocycles. The van der Waals surface area contributed by atoms with Gasteiger partial charge in [-0.25, -0.2) is 0 Å². The number of rotatable bonds is 6. The van der Waals surface area contributed by atoms with Crippen LogP contribution in [-0.4, -0.2) is 37.6 Å². The predicted molar refractivity (Wildman–Crippen MR) is 67.5 cm³/mol. The molecule has 17 heavy (non-hydrogen) atoms. The molecule has 0 unspecified atom stereocenters. The molecule has 0 heterocycles.